The molecule has 1 aliphatic carbocycles. The predicted octanol–water partition coefficient (Wildman–Crippen LogP) is -0.463. The number of imidazole rings is 1. The Morgan fingerprint density at radius 3 is 2.81 bits per heavy atom. The third-order valence-corrected chi connectivity index (χ3v) is 5.07. The Morgan fingerprint density at radius 2 is 2.15 bits per heavy atom. The van der Waals surface area contributed by atoms with E-state index in [2.05, 4.69) is 25.4 Å². The summed E-state index contributed by atoms with van der Waals surface area (Å²) in [6, 6.07) is -1.18. The fourth-order valence-electron chi connectivity index (χ4n) is 3.67. The number of ether oxygens (including phenoxy) is 1. The van der Waals surface area contributed by atoms with Gasteiger partial charge in [0.05, 0.1) is 25.1 Å². The molecule has 2 fully saturated rings. The summed E-state index contributed by atoms with van der Waals surface area (Å²) in [5.74, 6) is 0.482. The van der Waals surface area contributed by atoms with Gasteiger partial charge in [0, 0.05) is 0 Å². The van der Waals surface area contributed by atoms with Gasteiger partial charge >= 0.3 is 0 Å². The second kappa shape index (κ2) is 6.83. The lowest BCUT2D eigenvalue weighted by molar-refractivity contribution is -0.0488. The minimum absolute atomic E-state index is 0.103. The van der Waals surface area contributed by atoms with Crippen LogP contribution in [0.25, 0.3) is 11.2 Å². The number of nitrogens with zero attached hydrogens (tertiary/aromatic N) is 5. The van der Waals surface area contributed by atoms with E-state index in [1.54, 1.807) is 0 Å². The lowest BCUT2D eigenvalue weighted by Gasteiger charge is -2.18. The maximum Gasteiger partial charge on any atom is 0.167 e. The molecule has 11 nitrogen and oxygen atoms in total. The third-order valence-electron chi connectivity index (χ3n) is 5.07. The van der Waals surface area contributed by atoms with Crippen LogP contribution in [0, 0.1) is 4.91 Å². The van der Waals surface area contributed by atoms with E-state index in [0.29, 0.717) is 17.0 Å². The minimum atomic E-state index is -1.23. The molecule has 1 saturated carbocycles. The van der Waals surface area contributed by atoms with Crippen molar-refractivity contribution in [1.29, 1.82) is 0 Å². The molecule has 2 aliphatic rings. The first-order chi connectivity index (χ1) is 12.6. The van der Waals surface area contributed by atoms with Crippen LogP contribution in [0.2, 0.25) is 0 Å². The highest BCUT2D eigenvalue weighted by atomic mass is 16.5. The lowest BCUT2D eigenvalue weighted by atomic mass is 10.1. The van der Waals surface area contributed by atoms with Crippen LogP contribution < -0.4 is 5.32 Å². The maximum atomic E-state index is 11.0. The van der Waals surface area contributed by atoms with Gasteiger partial charge in [-0.15, -0.1) is 0 Å². The van der Waals surface area contributed by atoms with Crippen molar-refractivity contribution < 1.29 is 20.1 Å². The molecule has 4 rings (SSSR count). The SMILES string of the molecule is O=N[C@H]1[C@@H](O)[C@H](n2cnc3c(N[C@H]4CCC[C@@H]4O)ncnc32)O[C@@H]1CO. The topological polar surface area (TPSA) is 155 Å². The summed E-state index contributed by atoms with van der Waals surface area (Å²) in [6.45, 7) is -0.433. The zero-order chi connectivity index (χ0) is 18.3. The number of rotatable bonds is 5. The van der Waals surface area contributed by atoms with Crippen molar-refractivity contribution in [3.05, 3.63) is 17.6 Å². The van der Waals surface area contributed by atoms with Gasteiger partial charge in [0.25, 0.3) is 0 Å². The molecule has 0 radical (unpaired) electrons. The summed E-state index contributed by atoms with van der Waals surface area (Å²) >= 11 is 0. The second-order valence-corrected chi connectivity index (χ2v) is 6.63. The van der Waals surface area contributed by atoms with E-state index in [4.69, 9.17) is 4.74 Å². The largest absolute Gasteiger partial charge is 0.394 e. The number of nitrogens with one attached hydrogen (secondary N) is 1. The van der Waals surface area contributed by atoms with Crippen molar-refractivity contribution in [2.45, 2.75) is 55.9 Å². The Balaban J connectivity index is 1.65. The van der Waals surface area contributed by atoms with Gasteiger partial charge in [-0.05, 0) is 19.3 Å². The van der Waals surface area contributed by atoms with Crippen LogP contribution in [0.15, 0.2) is 17.8 Å². The van der Waals surface area contributed by atoms with Gasteiger partial charge in [0.15, 0.2) is 29.3 Å². The van der Waals surface area contributed by atoms with Crippen molar-refractivity contribution in [2.24, 2.45) is 5.18 Å². The number of nitroso groups, excluding NO2 is 1. The first-order valence-corrected chi connectivity index (χ1v) is 8.53. The molecule has 6 atom stereocenters. The number of hydrogen-bond acceptors (Lipinski definition) is 10. The van der Waals surface area contributed by atoms with Crippen LogP contribution >= 0.6 is 0 Å². The van der Waals surface area contributed by atoms with E-state index in [0.717, 1.165) is 19.3 Å². The molecule has 2 aromatic rings. The molecule has 0 bridgehead atoms. The molecular formula is C15H20N6O5. The first kappa shape index (κ1) is 17.2. The molecule has 140 valence electrons. The zero-order valence-corrected chi connectivity index (χ0v) is 13.8. The molecule has 0 unspecified atom stereocenters. The smallest absolute Gasteiger partial charge is 0.167 e. The van der Waals surface area contributed by atoms with Gasteiger partial charge in [0.2, 0.25) is 0 Å². The molecule has 0 spiro atoms. The summed E-state index contributed by atoms with van der Waals surface area (Å²) in [4.78, 5) is 23.7. The number of aromatic nitrogens is 4. The lowest BCUT2D eigenvalue weighted by Crippen LogP contribution is -2.31. The van der Waals surface area contributed by atoms with E-state index < -0.39 is 37.2 Å². The maximum absolute atomic E-state index is 11.0. The molecule has 11 heteroatoms. The number of fused-ring (bicyclic) bond motifs is 1. The summed E-state index contributed by atoms with van der Waals surface area (Å²) in [7, 11) is 0. The van der Waals surface area contributed by atoms with Gasteiger partial charge in [-0.25, -0.2) is 15.0 Å². The summed E-state index contributed by atoms with van der Waals surface area (Å²) in [5, 5.41) is 35.7. The Bertz CT molecular complexity index is 800. The Morgan fingerprint density at radius 1 is 1.31 bits per heavy atom. The monoisotopic (exact) mass is 364 g/mol. The van der Waals surface area contributed by atoms with E-state index in [9.17, 15) is 20.2 Å². The standard InChI is InChI=1S/C15H20N6O5/c22-4-9-10(20-25)12(24)15(26-9)21-6-18-11-13(16-5-17-14(11)21)19-7-2-1-3-8(7)23/h5-10,12,15,22-24H,1-4H2,(H,16,17,19)/t7-,8-,9+,10+,12+,15+/m0/s1. The third kappa shape index (κ3) is 2.72. The van der Waals surface area contributed by atoms with Crippen LogP contribution in [0.3, 0.4) is 0 Å². The summed E-state index contributed by atoms with van der Waals surface area (Å²) in [6.07, 6.45) is 1.80. The average molecular weight is 364 g/mol. The Labute approximate surface area is 148 Å². The van der Waals surface area contributed by atoms with Gasteiger partial charge in [-0.3, -0.25) is 4.57 Å². The number of anilines is 1. The van der Waals surface area contributed by atoms with Crippen molar-refractivity contribution in [2.75, 3.05) is 11.9 Å². The summed E-state index contributed by atoms with van der Waals surface area (Å²) < 4.78 is 7.07. The molecule has 1 saturated heterocycles. The van der Waals surface area contributed by atoms with Gasteiger partial charge in [-0.1, -0.05) is 5.18 Å². The molecule has 4 N–H and O–H groups in total. The van der Waals surface area contributed by atoms with Crippen LogP contribution in [-0.2, 0) is 4.74 Å². The first-order valence-electron chi connectivity index (χ1n) is 8.53. The van der Waals surface area contributed by atoms with E-state index in [1.165, 1.54) is 17.2 Å². The number of hydrogen-bond donors (Lipinski definition) is 4. The van der Waals surface area contributed by atoms with Crippen molar-refractivity contribution in [1.82, 2.24) is 19.5 Å². The number of aliphatic hydroxyl groups excluding tert-OH is 3. The average Bonchev–Trinajstić information content (AvgIpc) is 3.33. The normalized spacial score (nSPS) is 34.4. The Hall–Kier alpha value is -2.21. The van der Waals surface area contributed by atoms with Crippen LogP contribution in [0.1, 0.15) is 25.5 Å². The van der Waals surface area contributed by atoms with Crippen LogP contribution in [0.4, 0.5) is 5.82 Å². The van der Waals surface area contributed by atoms with Gasteiger partial charge in [-0.2, -0.15) is 4.91 Å². The van der Waals surface area contributed by atoms with Gasteiger partial charge < -0.3 is 25.4 Å². The molecule has 0 amide bonds. The van der Waals surface area contributed by atoms with E-state index in [-0.39, 0.29) is 6.04 Å². The molecule has 1 aliphatic heterocycles. The van der Waals surface area contributed by atoms with E-state index in [1.807, 2.05) is 0 Å². The molecule has 0 aromatic carbocycles. The zero-order valence-electron chi connectivity index (χ0n) is 13.8. The number of aliphatic hydroxyl groups is 3. The highest BCUT2D eigenvalue weighted by Crippen LogP contribution is 2.34. The Kier molecular flexibility index (Phi) is 4.53. The highest BCUT2D eigenvalue weighted by Gasteiger charge is 2.46. The second-order valence-electron chi connectivity index (χ2n) is 6.63. The molecular weight excluding hydrogens is 344 g/mol. The van der Waals surface area contributed by atoms with Crippen molar-refractivity contribution in [3.63, 3.8) is 0 Å². The predicted molar refractivity (Wildman–Crippen MR) is 89.2 cm³/mol. The van der Waals surface area contributed by atoms with Gasteiger partial charge in [0.1, 0.15) is 18.5 Å². The van der Waals surface area contributed by atoms with Crippen LogP contribution in [0.5, 0.6) is 0 Å². The summed E-state index contributed by atoms with van der Waals surface area (Å²) in [5.41, 5.74) is 0.868. The van der Waals surface area contributed by atoms with E-state index >= 15 is 0 Å². The van der Waals surface area contributed by atoms with Crippen LogP contribution in [-0.4, -0.2) is 71.8 Å². The molecule has 3 heterocycles. The fourth-order valence-corrected chi connectivity index (χ4v) is 3.67. The molecule has 26 heavy (non-hydrogen) atoms. The van der Waals surface area contributed by atoms with Crippen molar-refractivity contribution >= 4 is 17.0 Å². The van der Waals surface area contributed by atoms with Crippen molar-refractivity contribution in [3.8, 4) is 0 Å². The quantitative estimate of drug-likeness (QED) is 0.516. The highest BCUT2D eigenvalue weighted by molar-refractivity contribution is 5.82. The molecule has 2 aromatic heterocycles. The fraction of sp³-hybridized carbons (Fsp3) is 0.667. The minimum Gasteiger partial charge on any atom is -0.394 e.